The van der Waals surface area contributed by atoms with E-state index in [9.17, 15) is 0 Å². The molecule has 1 fully saturated rings. The van der Waals surface area contributed by atoms with E-state index in [0.717, 1.165) is 45.3 Å². The van der Waals surface area contributed by atoms with E-state index in [4.69, 9.17) is 4.74 Å². The van der Waals surface area contributed by atoms with Gasteiger partial charge < -0.3 is 10.1 Å². The van der Waals surface area contributed by atoms with Crippen LogP contribution in [-0.4, -0.2) is 29.8 Å². The van der Waals surface area contributed by atoms with Crippen LogP contribution in [0.3, 0.4) is 0 Å². The molecule has 0 amide bonds. The summed E-state index contributed by atoms with van der Waals surface area (Å²) in [4.78, 5) is 4.36. The molecule has 3 heteroatoms. The van der Waals surface area contributed by atoms with Crippen LogP contribution >= 0.6 is 0 Å². The predicted molar refractivity (Wildman–Crippen MR) is 78.2 cm³/mol. The molecule has 1 aromatic rings. The average molecular weight is 262 g/mol. The van der Waals surface area contributed by atoms with Gasteiger partial charge in [0.15, 0.2) is 0 Å². The molecule has 1 aromatic heterocycles. The summed E-state index contributed by atoms with van der Waals surface area (Å²) in [5.74, 6) is 0. The molecule has 0 spiro atoms. The lowest BCUT2D eigenvalue weighted by Gasteiger charge is -2.40. The Labute approximate surface area is 116 Å². The van der Waals surface area contributed by atoms with Crippen molar-refractivity contribution in [3.05, 3.63) is 30.1 Å². The highest BCUT2D eigenvalue weighted by atomic mass is 16.5. The Morgan fingerprint density at radius 2 is 2.21 bits per heavy atom. The van der Waals surface area contributed by atoms with Crippen LogP contribution in [-0.2, 0) is 11.2 Å². The number of pyridine rings is 1. The van der Waals surface area contributed by atoms with E-state index in [0.29, 0.717) is 6.04 Å². The Kier molecular flexibility index (Phi) is 5.34. The van der Waals surface area contributed by atoms with Crippen LogP contribution in [0.1, 0.15) is 45.2 Å². The molecule has 0 radical (unpaired) electrons. The number of hydrogen-bond acceptors (Lipinski definition) is 3. The minimum atomic E-state index is 0.112. The van der Waals surface area contributed by atoms with Gasteiger partial charge in [-0.05, 0) is 37.8 Å². The minimum absolute atomic E-state index is 0.112. The summed E-state index contributed by atoms with van der Waals surface area (Å²) < 4.78 is 6.01. The molecule has 1 N–H and O–H groups in total. The third-order valence-corrected chi connectivity index (χ3v) is 4.32. The zero-order valence-electron chi connectivity index (χ0n) is 12.2. The van der Waals surface area contributed by atoms with Crippen LogP contribution < -0.4 is 5.32 Å². The monoisotopic (exact) mass is 262 g/mol. The summed E-state index contributed by atoms with van der Waals surface area (Å²) in [6.07, 6.45) is 7.36. The smallest absolute Gasteiger partial charge is 0.0692 e. The molecule has 1 saturated heterocycles. The second kappa shape index (κ2) is 7.01. The molecule has 0 aromatic carbocycles. The van der Waals surface area contributed by atoms with Crippen LogP contribution in [0.15, 0.2) is 24.4 Å². The van der Waals surface area contributed by atoms with Gasteiger partial charge in [-0.25, -0.2) is 0 Å². The zero-order chi connectivity index (χ0) is 13.6. The van der Waals surface area contributed by atoms with Crippen molar-refractivity contribution in [2.45, 2.75) is 57.6 Å². The van der Waals surface area contributed by atoms with Gasteiger partial charge in [0.1, 0.15) is 0 Å². The van der Waals surface area contributed by atoms with Gasteiger partial charge in [-0.2, -0.15) is 0 Å². The molecule has 2 rings (SSSR count). The maximum atomic E-state index is 6.01. The topological polar surface area (TPSA) is 34.2 Å². The molecule has 3 nitrogen and oxygen atoms in total. The molecular weight excluding hydrogens is 236 g/mol. The number of hydrogen-bond donors (Lipinski definition) is 1. The largest absolute Gasteiger partial charge is 0.375 e. The number of aromatic nitrogens is 1. The fourth-order valence-corrected chi connectivity index (χ4v) is 2.90. The number of nitrogens with one attached hydrogen (secondary N) is 1. The summed E-state index contributed by atoms with van der Waals surface area (Å²) >= 11 is 0. The van der Waals surface area contributed by atoms with Gasteiger partial charge >= 0.3 is 0 Å². The highest BCUT2D eigenvalue weighted by molar-refractivity contribution is 5.03. The molecule has 1 aliphatic heterocycles. The molecule has 106 valence electrons. The highest BCUT2D eigenvalue weighted by Gasteiger charge is 2.33. The summed E-state index contributed by atoms with van der Waals surface area (Å²) in [7, 11) is 0. The van der Waals surface area contributed by atoms with E-state index in [1.54, 1.807) is 0 Å². The fraction of sp³-hybridized carbons (Fsp3) is 0.688. The number of nitrogens with zero attached hydrogens (tertiary/aromatic N) is 1. The van der Waals surface area contributed by atoms with E-state index in [1.807, 2.05) is 12.3 Å². The van der Waals surface area contributed by atoms with Crippen molar-refractivity contribution < 1.29 is 4.74 Å². The number of rotatable bonds is 6. The van der Waals surface area contributed by atoms with Crippen molar-refractivity contribution in [3.8, 4) is 0 Å². The van der Waals surface area contributed by atoms with Crippen LogP contribution in [0, 0.1) is 0 Å². The van der Waals surface area contributed by atoms with Gasteiger partial charge in [-0.3, -0.25) is 4.98 Å². The molecule has 0 aliphatic carbocycles. The minimum Gasteiger partial charge on any atom is -0.375 e. The van der Waals surface area contributed by atoms with Gasteiger partial charge in [0.05, 0.1) is 5.60 Å². The quantitative estimate of drug-likeness (QED) is 0.856. The zero-order valence-corrected chi connectivity index (χ0v) is 12.2. The molecule has 19 heavy (non-hydrogen) atoms. The summed E-state index contributed by atoms with van der Waals surface area (Å²) in [6, 6.07) is 6.70. The third kappa shape index (κ3) is 4.02. The van der Waals surface area contributed by atoms with E-state index in [-0.39, 0.29) is 5.60 Å². The third-order valence-electron chi connectivity index (χ3n) is 4.32. The van der Waals surface area contributed by atoms with Gasteiger partial charge in [-0.1, -0.05) is 19.9 Å². The van der Waals surface area contributed by atoms with Crippen LogP contribution in [0.5, 0.6) is 0 Å². The first-order valence-electron chi connectivity index (χ1n) is 7.55. The lowest BCUT2D eigenvalue weighted by Crippen LogP contribution is -2.46. The van der Waals surface area contributed by atoms with Crippen molar-refractivity contribution in [2.75, 3.05) is 13.2 Å². The fourth-order valence-electron chi connectivity index (χ4n) is 2.90. The van der Waals surface area contributed by atoms with Gasteiger partial charge in [0, 0.05) is 37.5 Å². The highest BCUT2D eigenvalue weighted by Crippen LogP contribution is 2.31. The normalized spacial score (nSPS) is 22.3. The second-order valence-electron chi connectivity index (χ2n) is 5.45. The lowest BCUT2D eigenvalue weighted by molar-refractivity contribution is -0.0929. The maximum Gasteiger partial charge on any atom is 0.0692 e. The van der Waals surface area contributed by atoms with E-state index in [2.05, 4.69) is 36.3 Å². The van der Waals surface area contributed by atoms with Crippen LogP contribution in [0.4, 0.5) is 0 Å². The molecule has 1 atom stereocenters. The first-order valence-corrected chi connectivity index (χ1v) is 7.55. The Morgan fingerprint density at radius 3 is 2.89 bits per heavy atom. The second-order valence-corrected chi connectivity index (χ2v) is 5.45. The molecule has 2 heterocycles. The van der Waals surface area contributed by atoms with E-state index < -0.39 is 0 Å². The molecular formula is C16H26N2O. The van der Waals surface area contributed by atoms with Gasteiger partial charge in [0.25, 0.3) is 0 Å². The Hall–Kier alpha value is -0.930. The molecule has 0 bridgehead atoms. The first kappa shape index (κ1) is 14.5. The molecule has 0 saturated carbocycles. The van der Waals surface area contributed by atoms with Crippen molar-refractivity contribution >= 4 is 0 Å². The van der Waals surface area contributed by atoms with Gasteiger partial charge in [0.2, 0.25) is 0 Å². The molecule has 1 aliphatic rings. The SMILES string of the molecule is CCC1(CC)CC(NCCc2ccccn2)CCO1. The van der Waals surface area contributed by atoms with E-state index >= 15 is 0 Å². The van der Waals surface area contributed by atoms with Crippen molar-refractivity contribution in [3.63, 3.8) is 0 Å². The number of ether oxygens (including phenoxy) is 1. The van der Waals surface area contributed by atoms with Crippen molar-refractivity contribution in [2.24, 2.45) is 0 Å². The van der Waals surface area contributed by atoms with Crippen molar-refractivity contribution in [1.82, 2.24) is 10.3 Å². The Balaban J connectivity index is 1.77. The van der Waals surface area contributed by atoms with E-state index in [1.165, 1.54) is 5.69 Å². The first-order chi connectivity index (χ1) is 9.28. The van der Waals surface area contributed by atoms with Crippen LogP contribution in [0.2, 0.25) is 0 Å². The maximum absolute atomic E-state index is 6.01. The Morgan fingerprint density at radius 1 is 1.37 bits per heavy atom. The summed E-state index contributed by atoms with van der Waals surface area (Å²) in [6.45, 7) is 6.37. The van der Waals surface area contributed by atoms with Crippen LogP contribution in [0.25, 0.3) is 0 Å². The Bertz CT molecular complexity index is 362. The lowest BCUT2D eigenvalue weighted by atomic mass is 9.86. The standard InChI is InChI=1S/C16H26N2O/c1-3-16(4-2)13-15(9-12-19-16)18-11-8-14-7-5-6-10-17-14/h5-7,10,15,18H,3-4,8-9,11-13H2,1-2H3. The van der Waals surface area contributed by atoms with Gasteiger partial charge in [-0.15, -0.1) is 0 Å². The van der Waals surface area contributed by atoms with Crippen molar-refractivity contribution in [1.29, 1.82) is 0 Å². The summed E-state index contributed by atoms with van der Waals surface area (Å²) in [5.41, 5.74) is 1.28. The molecule has 1 unspecified atom stereocenters. The predicted octanol–water partition coefficient (Wildman–Crippen LogP) is 2.95. The summed E-state index contributed by atoms with van der Waals surface area (Å²) in [5, 5.41) is 3.67. The average Bonchev–Trinajstić information content (AvgIpc) is 2.48.